The Labute approximate surface area is 156 Å². The highest BCUT2D eigenvalue weighted by Crippen LogP contribution is 2.32. The molecule has 7 nitrogen and oxygen atoms in total. The van der Waals surface area contributed by atoms with Crippen LogP contribution in [0, 0.1) is 6.92 Å². The van der Waals surface area contributed by atoms with Crippen molar-refractivity contribution in [3.05, 3.63) is 71.5 Å². The van der Waals surface area contributed by atoms with E-state index in [9.17, 15) is 4.79 Å². The zero-order chi connectivity index (χ0) is 18.6. The maximum absolute atomic E-state index is 12.3. The van der Waals surface area contributed by atoms with Crippen LogP contribution in [0.15, 0.2) is 54.7 Å². The number of nitrogens with one attached hydrogen (secondary N) is 1. The smallest absolute Gasteiger partial charge is 0.272 e. The minimum absolute atomic E-state index is 0.229. The van der Waals surface area contributed by atoms with Crippen molar-refractivity contribution in [2.24, 2.45) is 0 Å². The van der Waals surface area contributed by atoms with Gasteiger partial charge in [0.05, 0.1) is 0 Å². The van der Waals surface area contributed by atoms with E-state index in [-0.39, 0.29) is 19.4 Å². The van der Waals surface area contributed by atoms with Crippen LogP contribution >= 0.6 is 0 Å². The normalized spacial score (nSPS) is 12.0. The molecular formula is C20H19N3O4. The molecule has 0 fully saturated rings. The molecule has 1 N–H and O–H groups in total. The summed E-state index contributed by atoms with van der Waals surface area (Å²) in [5.74, 6) is 1.96. The van der Waals surface area contributed by atoms with Crippen molar-refractivity contribution in [3.8, 4) is 17.2 Å². The number of aryl methyl sites for hydroxylation is 1. The van der Waals surface area contributed by atoms with Gasteiger partial charge in [0.1, 0.15) is 11.4 Å². The first-order valence-electron chi connectivity index (χ1n) is 8.58. The Kier molecular flexibility index (Phi) is 4.65. The fourth-order valence-corrected chi connectivity index (χ4v) is 2.73. The van der Waals surface area contributed by atoms with Crippen molar-refractivity contribution in [3.63, 3.8) is 0 Å². The summed E-state index contributed by atoms with van der Waals surface area (Å²) in [6, 6.07) is 15.0. The van der Waals surface area contributed by atoms with Crippen molar-refractivity contribution < 1.29 is 19.0 Å². The summed E-state index contributed by atoms with van der Waals surface area (Å²) in [5, 5.41) is 7.11. The number of amides is 1. The second-order valence-corrected chi connectivity index (χ2v) is 6.15. The lowest BCUT2D eigenvalue weighted by Gasteiger charge is -2.08. The molecule has 0 aliphatic carbocycles. The fraction of sp³-hybridized carbons (Fsp3) is 0.200. The van der Waals surface area contributed by atoms with Crippen molar-refractivity contribution in [2.45, 2.75) is 20.2 Å². The summed E-state index contributed by atoms with van der Waals surface area (Å²) in [7, 11) is 0. The maximum Gasteiger partial charge on any atom is 0.272 e. The van der Waals surface area contributed by atoms with Crippen LogP contribution in [0.2, 0.25) is 0 Å². The molecule has 0 atom stereocenters. The highest BCUT2D eigenvalue weighted by Gasteiger charge is 2.14. The van der Waals surface area contributed by atoms with Crippen LogP contribution in [-0.2, 0) is 13.3 Å². The molecule has 1 aliphatic heterocycles. The van der Waals surface area contributed by atoms with E-state index in [2.05, 4.69) is 10.4 Å². The third kappa shape index (κ3) is 3.87. The number of hydrogen-bond donors (Lipinski definition) is 1. The average Bonchev–Trinajstić information content (AvgIpc) is 3.34. The molecule has 3 aromatic rings. The van der Waals surface area contributed by atoms with Gasteiger partial charge in [-0.25, -0.2) is 4.68 Å². The van der Waals surface area contributed by atoms with Gasteiger partial charge in [0.15, 0.2) is 18.2 Å². The molecule has 0 saturated carbocycles. The molecule has 2 heterocycles. The van der Waals surface area contributed by atoms with Gasteiger partial charge >= 0.3 is 0 Å². The Morgan fingerprint density at radius 3 is 2.93 bits per heavy atom. The highest BCUT2D eigenvalue weighted by molar-refractivity contribution is 5.92. The summed E-state index contributed by atoms with van der Waals surface area (Å²) in [6.45, 7) is 2.82. The van der Waals surface area contributed by atoms with E-state index < -0.39 is 0 Å². The van der Waals surface area contributed by atoms with E-state index in [1.165, 1.54) is 0 Å². The van der Waals surface area contributed by atoms with Gasteiger partial charge in [-0.3, -0.25) is 4.79 Å². The van der Waals surface area contributed by atoms with Crippen molar-refractivity contribution >= 4 is 5.91 Å². The number of benzene rings is 2. The number of rotatable bonds is 6. The first-order chi connectivity index (χ1) is 13.2. The number of aromatic nitrogens is 2. The van der Waals surface area contributed by atoms with Gasteiger partial charge in [-0.05, 0) is 42.3 Å². The number of fused-ring (bicyclic) bond motifs is 1. The first-order valence-corrected chi connectivity index (χ1v) is 8.58. The molecule has 4 rings (SSSR count). The van der Waals surface area contributed by atoms with E-state index in [4.69, 9.17) is 14.2 Å². The SMILES string of the molecule is Cc1ccccc1OCn1ccc(C(=O)NCc2ccc3c(c2)OCO3)n1. The number of para-hydroxylation sites is 1. The van der Waals surface area contributed by atoms with Gasteiger partial charge in [0, 0.05) is 12.7 Å². The second-order valence-electron chi connectivity index (χ2n) is 6.15. The van der Waals surface area contributed by atoms with Crippen LogP contribution < -0.4 is 19.5 Å². The lowest BCUT2D eigenvalue weighted by atomic mass is 10.2. The van der Waals surface area contributed by atoms with Gasteiger partial charge in [-0.2, -0.15) is 5.10 Å². The van der Waals surface area contributed by atoms with E-state index in [1.54, 1.807) is 16.9 Å². The number of carbonyl (C=O) groups excluding carboxylic acids is 1. The molecule has 1 aliphatic rings. The van der Waals surface area contributed by atoms with Gasteiger partial charge in [-0.15, -0.1) is 0 Å². The Morgan fingerprint density at radius 1 is 1.19 bits per heavy atom. The van der Waals surface area contributed by atoms with Gasteiger partial charge < -0.3 is 19.5 Å². The average molecular weight is 365 g/mol. The van der Waals surface area contributed by atoms with Gasteiger partial charge in [0.25, 0.3) is 5.91 Å². The lowest BCUT2D eigenvalue weighted by Crippen LogP contribution is -2.23. The summed E-state index contributed by atoms with van der Waals surface area (Å²) in [6.07, 6.45) is 1.72. The van der Waals surface area contributed by atoms with Crippen LogP contribution in [0.4, 0.5) is 0 Å². The van der Waals surface area contributed by atoms with E-state index in [0.717, 1.165) is 22.6 Å². The first kappa shape index (κ1) is 17.0. The van der Waals surface area contributed by atoms with Crippen LogP contribution in [-0.4, -0.2) is 22.5 Å². The molecule has 27 heavy (non-hydrogen) atoms. The van der Waals surface area contributed by atoms with Crippen LogP contribution in [0.3, 0.4) is 0 Å². The molecule has 1 amide bonds. The molecule has 2 aromatic carbocycles. The molecule has 0 spiro atoms. The Hall–Kier alpha value is -3.48. The van der Waals surface area contributed by atoms with Crippen molar-refractivity contribution in [1.82, 2.24) is 15.1 Å². The molecule has 0 saturated heterocycles. The third-order valence-corrected chi connectivity index (χ3v) is 4.21. The molecule has 7 heteroatoms. The minimum atomic E-state index is -0.248. The molecule has 138 valence electrons. The fourth-order valence-electron chi connectivity index (χ4n) is 2.73. The molecule has 0 bridgehead atoms. The third-order valence-electron chi connectivity index (χ3n) is 4.21. The van der Waals surface area contributed by atoms with Gasteiger partial charge in [0.2, 0.25) is 6.79 Å². The number of ether oxygens (including phenoxy) is 3. The lowest BCUT2D eigenvalue weighted by molar-refractivity contribution is 0.0943. The van der Waals surface area contributed by atoms with E-state index in [0.29, 0.717) is 18.0 Å². The monoisotopic (exact) mass is 365 g/mol. The predicted octanol–water partition coefficient (Wildman–Crippen LogP) is 2.89. The van der Waals surface area contributed by atoms with E-state index >= 15 is 0 Å². The second kappa shape index (κ2) is 7.41. The largest absolute Gasteiger partial charge is 0.471 e. The highest BCUT2D eigenvalue weighted by atomic mass is 16.7. The van der Waals surface area contributed by atoms with E-state index in [1.807, 2.05) is 49.4 Å². The summed E-state index contributed by atoms with van der Waals surface area (Å²) < 4.78 is 17.9. The Bertz CT molecular complexity index is 967. The summed E-state index contributed by atoms with van der Waals surface area (Å²) >= 11 is 0. The van der Waals surface area contributed by atoms with Crippen molar-refractivity contribution in [1.29, 1.82) is 0 Å². The van der Waals surface area contributed by atoms with Crippen molar-refractivity contribution in [2.75, 3.05) is 6.79 Å². The summed E-state index contributed by atoms with van der Waals surface area (Å²) in [4.78, 5) is 12.3. The van der Waals surface area contributed by atoms with Crippen LogP contribution in [0.1, 0.15) is 21.6 Å². The molecule has 1 aromatic heterocycles. The molecular weight excluding hydrogens is 346 g/mol. The quantitative estimate of drug-likeness (QED) is 0.727. The molecule has 0 radical (unpaired) electrons. The zero-order valence-electron chi connectivity index (χ0n) is 14.8. The maximum atomic E-state index is 12.3. The zero-order valence-corrected chi connectivity index (χ0v) is 14.8. The Morgan fingerprint density at radius 2 is 2.04 bits per heavy atom. The standard InChI is InChI=1S/C20H19N3O4/c1-14-4-2-3-5-17(14)25-12-23-9-8-16(22-23)20(24)21-11-15-6-7-18-19(10-15)27-13-26-18/h2-10H,11-13H2,1H3,(H,21,24). The number of carbonyl (C=O) groups is 1. The minimum Gasteiger partial charge on any atom is -0.471 e. The summed E-state index contributed by atoms with van der Waals surface area (Å²) in [5.41, 5.74) is 2.31. The number of hydrogen-bond acceptors (Lipinski definition) is 5. The Balaban J connectivity index is 1.32. The van der Waals surface area contributed by atoms with Crippen LogP contribution in [0.5, 0.6) is 17.2 Å². The molecule has 0 unspecified atom stereocenters. The topological polar surface area (TPSA) is 74.6 Å². The van der Waals surface area contributed by atoms with Crippen LogP contribution in [0.25, 0.3) is 0 Å². The predicted molar refractivity (Wildman–Crippen MR) is 97.8 cm³/mol. The van der Waals surface area contributed by atoms with Gasteiger partial charge in [-0.1, -0.05) is 24.3 Å². The number of nitrogens with zero attached hydrogens (tertiary/aromatic N) is 2.